The summed E-state index contributed by atoms with van der Waals surface area (Å²) in [6, 6.07) is 7.13. The zero-order valence-electron chi connectivity index (χ0n) is 6.95. The van der Waals surface area contributed by atoms with Crippen LogP contribution in [0.15, 0.2) is 33.9 Å². The Hall–Kier alpha value is -1.31. The number of nitrogens with zero attached hydrogens (tertiary/aromatic N) is 1. The number of hydrogen-bond donors (Lipinski definition) is 2. The van der Waals surface area contributed by atoms with E-state index in [1.165, 1.54) is 0 Å². The van der Waals surface area contributed by atoms with Crippen LogP contribution in [0.2, 0.25) is 0 Å². The van der Waals surface area contributed by atoms with Gasteiger partial charge in [0.05, 0.1) is 5.69 Å². The van der Waals surface area contributed by atoms with Crippen molar-refractivity contribution in [3.8, 4) is 5.69 Å². The molecular formula is C8H6IN3O2. The van der Waals surface area contributed by atoms with Crippen molar-refractivity contribution in [1.82, 2.24) is 14.8 Å². The molecule has 14 heavy (non-hydrogen) atoms. The van der Waals surface area contributed by atoms with E-state index >= 15 is 0 Å². The summed E-state index contributed by atoms with van der Waals surface area (Å²) >= 11 is 2.12. The minimum Gasteiger partial charge on any atom is -0.247 e. The lowest BCUT2D eigenvalue weighted by Crippen LogP contribution is -2.24. The Morgan fingerprint density at radius 1 is 1.14 bits per heavy atom. The fourth-order valence-corrected chi connectivity index (χ4v) is 1.69. The number of aromatic amines is 2. The number of nitrogens with one attached hydrogen (secondary N) is 2. The van der Waals surface area contributed by atoms with E-state index in [2.05, 4.69) is 32.8 Å². The van der Waals surface area contributed by atoms with Crippen molar-refractivity contribution in [3.63, 3.8) is 0 Å². The van der Waals surface area contributed by atoms with E-state index < -0.39 is 11.4 Å². The minimum absolute atomic E-state index is 0.461. The number of hydrogen-bond acceptors (Lipinski definition) is 2. The van der Waals surface area contributed by atoms with Crippen molar-refractivity contribution < 1.29 is 0 Å². The molecule has 1 heterocycles. The number of aromatic nitrogens is 3. The van der Waals surface area contributed by atoms with Crippen LogP contribution in [0, 0.1) is 3.57 Å². The first kappa shape index (κ1) is 9.25. The molecule has 0 atom stereocenters. The van der Waals surface area contributed by atoms with Crippen LogP contribution < -0.4 is 11.4 Å². The molecule has 0 amide bonds. The van der Waals surface area contributed by atoms with Gasteiger partial charge in [0.1, 0.15) is 0 Å². The first-order valence-electron chi connectivity index (χ1n) is 3.84. The Balaban J connectivity index is 2.72. The van der Waals surface area contributed by atoms with Crippen molar-refractivity contribution in [3.05, 3.63) is 48.8 Å². The second-order valence-corrected chi connectivity index (χ2v) is 3.92. The van der Waals surface area contributed by atoms with E-state index in [0.29, 0.717) is 5.69 Å². The molecular weight excluding hydrogens is 297 g/mol. The molecule has 2 N–H and O–H groups in total. The first-order valence-corrected chi connectivity index (χ1v) is 4.92. The lowest BCUT2D eigenvalue weighted by atomic mass is 10.3. The molecule has 0 aliphatic rings. The third kappa shape index (κ3) is 1.52. The molecule has 0 spiro atoms. The Kier molecular flexibility index (Phi) is 2.28. The van der Waals surface area contributed by atoms with Gasteiger partial charge in [-0.25, -0.2) is 24.4 Å². The zero-order valence-corrected chi connectivity index (χ0v) is 9.11. The Morgan fingerprint density at radius 3 is 2.36 bits per heavy atom. The summed E-state index contributed by atoms with van der Waals surface area (Å²) in [6.07, 6.45) is 0. The van der Waals surface area contributed by atoms with E-state index in [1.54, 1.807) is 18.2 Å². The van der Waals surface area contributed by atoms with Crippen LogP contribution in [0.25, 0.3) is 5.69 Å². The summed E-state index contributed by atoms with van der Waals surface area (Å²) in [7, 11) is 0. The van der Waals surface area contributed by atoms with E-state index in [0.717, 1.165) is 8.14 Å². The third-order valence-electron chi connectivity index (χ3n) is 1.75. The van der Waals surface area contributed by atoms with Crippen LogP contribution in [-0.2, 0) is 0 Å². The number of halogens is 1. The maximum atomic E-state index is 11.2. The van der Waals surface area contributed by atoms with Gasteiger partial charge < -0.3 is 0 Å². The van der Waals surface area contributed by atoms with Gasteiger partial charge in [0.25, 0.3) is 0 Å². The minimum atomic E-state index is -0.461. The SMILES string of the molecule is O=c1[nH][nH]c(=O)n1-c1cccc(I)c1. The van der Waals surface area contributed by atoms with Crippen molar-refractivity contribution in [2.75, 3.05) is 0 Å². The highest BCUT2D eigenvalue weighted by Crippen LogP contribution is 2.08. The van der Waals surface area contributed by atoms with Gasteiger partial charge in [-0.15, -0.1) is 0 Å². The molecule has 5 nitrogen and oxygen atoms in total. The van der Waals surface area contributed by atoms with E-state index in [1.807, 2.05) is 6.07 Å². The van der Waals surface area contributed by atoms with Crippen LogP contribution in [0.3, 0.4) is 0 Å². The molecule has 0 unspecified atom stereocenters. The molecule has 0 radical (unpaired) electrons. The molecule has 2 aromatic rings. The van der Waals surface area contributed by atoms with Crippen LogP contribution in [-0.4, -0.2) is 14.8 Å². The van der Waals surface area contributed by atoms with Crippen molar-refractivity contribution >= 4 is 22.6 Å². The van der Waals surface area contributed by atoms with Gasteiger partial charge in [0.2, 0.25) is 0 Å². The molecule has 0 saturated carbocycles. The molecule has 0 saturated heterocycles. The highest BCUT2D eigenvalue weighted by molar-refractivity contribution is 14.1. The number of benzene rings is 1. The highest BCUT2D eigenvalue weighted by atomic mass is 127. The van der Waals surface area contributed by atoms with Gasteiger partial charge in [-0.2, -0.15) is 0 Å². The van der Waals surface area contributed by atoms with Crippen molar-refractivity contribution in [1.29, 1.82) is 0 Å². The maximum absolute atomic E-state index is 11.2. The van der Waals surface area contributed by atoms with E-state index in [-0.39, 0.29) is 0 Å². The summed E-state index contributed by atoms with van der Waals surface area (Å²) in [5.74, 6) is 0. The highest BCUT2D eigenvalue weighted by Gasteiger charge is 2.04. The van der Waals surface area contributed by atoms with Crippen LogP contribution in [0.4, 0.5) is 0 Å². The second kappa shape index (κ2) is 3.45. The third-order valence-corrected chi connectivity index (χ3v) is 2.42. The Bertz CT molecular complexity index is 539. The molecule has 0 fully saturated rings. The summed E-state index contributed by atoms with van der Waals surface area (Å²) < 4.78 is 2.01. The van der Waals surface area contributed by atoms with Gasteiger partial charge in [0.15, 0.2) is 0 Å². The normalized spacial score (nSPS) is 10.4. The molecule has 1 aromatic heterocycles. The van der Waals surface area contributed by atoms with Gasteiger partial charge >= 0.3 is 11.4 Å². The van der Waals surface area contributed by atoms with E-state index in [4.69, 9.17) is 0 Å². The summed E-state index contributed by atoms with van der Waals surface area (Å²) in [4.78, 5) is 22.5. The zero-order chi connectivity index (χ0) is 10.1. The smallest absolute Gasteiger partial charge is 0.247 e. The monoisotopic (exact) mass is 303 g/mol. The summed E-state index contributed by atoms with van der Waals surface area (Å²) in [5, 5.41) is 4.44. The lowest BCUT2D eigenvalue weighted by molar-refractivity contribution is 0.951. The van der Waals surface area contributed by atoms with Gasteiger partial charge in [-0.1, -0.05) is 6.07 Å². The predicted octanol–water partition coefficient (Wildman–Crippen LogP) is 0.458. The van der Waals surface area contributed by atoms with E-state index in [9.17, 15) is 9.59 Å². The molecule has 6 heteroatoms. The van der Waals surface area contributed by atoms with Crippen LogP contribution in [0.1, 0.15) is 0 Å². The topological polar surface area (TPSA) is 70.7 Å². The number of H-pyrrole nitrogens is 2. The lowest BCUT2D eigenvalue weighted by Gasteiger charge is -1.98. The van der Waals surface area contributed by atoms with Crippen molar-refractivity contribution in [2.45, 2.75) is 0 Å². The van der Waals surface area contributed by atoms with Gasteiger partial charge in [-0.3, -0.25) is 0 Å². The summed E-state index contributed by atoms with van der Waals surface area (Å²) in [6.45, 7) is 0. The standard InChI is InChI=1S/C8H6IN3O2/c9-5-2-1-3-6(4-5)12-7(13)10-11-8(12)14/h1-4H,(H,10,13)(H,11,14). The molecule has 0 aliphatic carbocycles. The fourth-order valence-electron chi connectivity index (χ4n) is 1.16. The largest absolute Gasteiger partial charge is 0.348 e. The van der Waals surface area contributed by atoms with Crippen LogP contribution >= 0.6 is 22.6 Å². The van der Waals surface area contributed by atoms with Gasteiger partial charge in [0, 0.05) is 3.57 Å². The fraction of sp³-hybridized carbons (Fsp3) is 0. The molecule has 1 aromatic carbocycles. The molecule has 0 aliphatic heterocycles. The average molecular weight is 303 g/mol. The number of rotatable bonds is 1. The quantitative estimate of drug-likeness (QED) is 0.751. The van der Waals surface area contributed by atoms with Crippen molar-refractivity contribution in [2.24, 2.45) is 0 Å². The molecule has 2 rings (SSSR count). The summed E-state index contributed by atoms with van der Waals surface area (Å²) in [5.41, 5.74) is -0.363. The molecule has 72 valence electrons. The van der Waals surface area contributed by atoms with Crippen LogP contribution in [0.5, 0.6) is 0 Å². The first-order chi connectivity index (χ1) is 6.68. The maximum Gasteiger partial charge on any atom is 0.348 e. The van der Waals surface area contributed by atoms with Gasteiger partial charge in [-0.05, 0) is 40.8 Å². The average Bonchev–Trinajstić information content (AvgIpc) is 2.46. The Morgan fingerprint density at radius 2 is 1.79 bits per heavy atom. The second-order valence-electron chi connectivity index (χ2n) is 2.68. The predicted molar refractivity (Wildman–Crippen MR) is 59.7 cm³/mol. The Labute approximate surface area is 91.9 Å². The molecule has 0 bridgehead atoms.